The van der Waals surface area contributed by atoms with Gasteiger partial charge in [0.2, 0.25) is 0 Å². The van der Waals surface area contributed by atoms with E-state index in [2.05, 4.69) is 15.9 Å². The van der Waals surface area contributed by atoms with Gasteiger partial charge in [0.05, 0.1) is 37.1 Å². The summed E-state index contributed by atoms with van der Waals surface area (Å²) in [5, 5.41) is 0. The van der Waals surface area contributed by atoms with Crippen molar-refractivity contribution in [3.05, 3.63) is 113 Å². The minimum atomic E-state index is -0.777. The Balaban J connectivity index is 1.61. The van der Waals surface area contributed by atoms with Crippen molar-refractivity contribution in [2.45, 2.75) is 33.4 Å². The highest BCUT2D eigenvalue weighted by atomic mass is 79.9. The molecule has 1 atom stereocenters. The molecule has 0 radical (unpaired) electrons. The molecule has 1 amide bonds. The van der Waals surface area contributed by atoms with Crippen molar-refractivity contribution in [2.75, 3.05) is 34.4 Å². The normalized spacial score (nSPS) is 14.4. The predicted octanol–water partition coefficient (Wildman–Crippen LogP) is 5.47. The minimum absolute atomic E-state index is 0.182. The monoisotopic (exact) mass is 705 g/mol. The lowest BCUT2D eigenvalue weighted by molar-refractivity contribution is -0.127. The highest BCUT2D eigenvalue weighted by molar-refractivity contribution is 9.10. The number of hydrogen-bond donors (Lipinski definition) is 0. The standard InChI is InChI=1S/C35H36BrN3O6S/c1-7-38(8-2)34(41)31-21(3)37-35-39(32(31)26-19-25(42-4)14-16-27(26)43-5)33(40)30(46-35)18-23-11-15-28(29(17-23)44-6)45-20-22-9-12-24(36)13-10-22/h9-19,32H,7-8,20H2,1-6H3/b30-18+/t32-/m0/s1. The second kappa shape index (κ2) is 14.4. The van der Waals surface area contributed by atoms with Crippen LogP contribution in [0.5, 0.6) is 23.0 Å². The third kappa shape index (κ3) is 6.61. The van der Waals surface area contributed by atoms with E-state index >= 15 is 0 Å². The maximum atomic E-state index is 14.2. The first-order chi connectivity index (χ1) is 22.2. The van der Waals surface area contributed by atoms with Crippen LogP contribution >= 0.6 is 27.3 Å². The number of carbonyl (C=O) groups excluding carboxylic acids is 1. The van der Waals surface area contributed by atoms with Gasteiger partial charge in [-0.2, -0.15) is 0 Å². The summed E-state index contributed by atoms with van der Waals surface area (Å²) in [7, 11) is 4.72. The lowest BCUT2D eigenvalue weighted by atomic mass is 9.93. The van der Waals surface area contributed by atoms with Crippen LogP contribution in [0.15, 0.2) is 86.2 Å². The zero-order valence-electron chi connectivity index (χ0n) is 26.6. The number of nitrogens with zero attached hydrogens (tertiary/aromatic N) is 3. The molecule has 11 heteroatoms. The number of rotatable bonds is 11. The third-order valence-electron chi connectivity index (χ3n) is 7.83. The molecule has 46 heavy (non-hydrogen) atoms. The van der Waals surface area contributed by atoms with E-state index in [9.17, 15) is 9.59 Å². The van der Waals surface area contributed by atoms with Gasteiger partial charge >= 0.3 is 0 Å². The molecular weight excluding hydrogens is 670 g/mol. The highest BCUT2D eigenvalue weighted by Crippen LogP contribution is 2.38. The van der Waals surface area contributed by atoms with Gasteiger partial charge < -0.3 is 23.8 Å². The van der Waals surface area contributed by atoms with Crippen LogP contribution in [0.25, 0.3) is 6.08 Å². The molecule has 0 spiro atoms. The number of benzene rings is 3. The number of thiazole rings is 1. The van der Waals surface area contributed by atoms with Crippen LogP contribution in [0.2, 0.25) is 0 Å². The zero-order chi connectivity index (χ0) is 33.0. The minimum Gasteiger partial charge on any atom is -0.497 e. The molecular formula is C35H36BrN3O6S. The second-order valence-corrected chi connectivity index (χ2v) is 12.4. The van der Waals surface area contributed by atoms with Crippen LogP contribution in [0.3, 0.4) is 0 Å². The van der Waals surface area contributed by atoms with E-state index in [1.807, 2.05) is 69.3 Å². The summed E-state index contributed by atoms with van der Waals surface area (Å²) < 4.78 is 26.0. The van der Waals surface area contributed by atoms with Gasteiger partial charge in [-0.3, -0.25) is 14.2 Å². The molecule has 5 rings (SSSR count). The van der Waals surface area contributed by atoms with Crippen LogP contribution in [-0.2, 0) is 11.4 Å². The smallest absolute Gasteiger partial charge is 0.271 e. The molecule has 0 N–H and O–H groups in total. The molecule has 0 unspecified atom stereocenters. The average molecular weight is 707 g/mol. The van der Waals surface area contributed by atoms with E-state index in [0.717, 1.165) is 15.6 Å². The molecule has 1 aliphatic heterocycles. The Morgan fingerprint density at radius 2 is 1.65 bits per heavy atom. The van der Waals surface area contributed by atoms with Crippen LogP contribution in [0, 0.1) is 0 Å². The van der Waals surface area contributed by atoms with Gasteiger partial charge in [-0.15, -0.1) is 0 Å². The predicted molar refractivity (Wildman–Crippen MR) is 183 cm³/mol. The Kier molecular flexibility index (Phi) is 10.3. The van der Waals surface area contributed by atoms with Crippen LogP contribution in [0.1, 0.15) is 43.5 Å². The van der Waals surface area contributed by atoms with Gasteiger partial charge in [-0.25, -0.2) is 4.99 Å². The van der Waals surface area contributed by atoms with Gasteiger partial charge in [0.1, 0.15) is 24.1 Å². The first kappa shape index (κ1) is 33.0. The average Bonchev–Trinajstić information content (AvgIpc) is 3.37. The number of aromatic nitrogens is 1. The number of hydrogen-bond acceptors (Lipinski definition) is 8. The highest BCUT2D eigenvalue weighted by Gasteiger charge is 2.36. The number of allylic oxidation sites excluding steroid dienone is 1. The Morgan fingerprint density at radius 1 is 0.957 bits per heavy atom. The first-order valence-corrected chi connectivity index (χ1v) is 16.4. The van der Waals surface area contributed by atoms with Gasteiger partial charge in [-0.1, -0.05) is 45.5 Å². The van der Waals surface area contributed by atoms with Gasteiger partial charge in [0, 0.05) is 23.1 Å². The van der Waals surface area contributed by atoms with Crippen molar-refractivity contribution >= 4 is 39.2 Å². The SMILES string of the molecule is CCN(CC)C(=O)C1=C(C)N=c2s/c(=C/c3ccc(OCc4ccc(Br)cc4)c(OC)c3)c(=O)n2[C@H]1c1cc(OC)ccc1OC. The number of ether oxygens (including phenoxy) is 4. The van der Waals surface area contributed by atoms with Crippen molar-refractivity contribution in [1.82, 2.24) is 9.47 Å². The largest absolute Gasteiger partial charge is 0.497 e. The summed E-state index contributed by atoms with van der Waals surface area (Å²) >= 11 is 4.71. The van der Waals surface area contributed by atoms with Gasteiger partial charge in [0.25, 0.3) is 11.5 Å². The lowest BCUT2D eigenvalue weighted by Crippen LogP contribution is -2.43. The molecule has 0 bridgehead atoms. The van der Waals surface area contributed by atoms with Crippen LogP contribution in [-0.4, -0.2) is 49.8 Å². The van der Waals surface area contributed by atoms with E-state index in [4.69, 9.17) is 23.9 Å². The molecule has 0 fully saturated rings. The molecule has 9 nitrogen and oxygen atoms in total. The van der Waals surface area contributed by atoms with Crippen molar-refractivity contribution in [3.8, 4) is 23.0 Å². The van der Waals surface area contributed by atoms with Gasteiger partial charge in [-0.05, 0) is 80.4 Å². The number of likely N-dealkylation sites (N-methyl/N-ethyl adjacent to an activating group) is 1. The summed E-state index contributed by atoms with van der Waals surface area (Å²) in [5.74, 6) is 2.06. The molecule has 4 aromatic rings. The number of halogens is 1. The Labute approximate surface area is 280 Å². The van der Waals surface area contributed by atoms with Crippen LogP contribution < -0.4 is 33.8 Å². The van der Waals surface area contributed by atoms with Crippen molar-refractivity contribution in [2.24, 2.45) is 4.99 Å². The first-order valence-electron chi connectivity index (χ1n) is 14.8. The molecule has 0 saturated carbocycles. The Bertz CT molecular complexity index is 1960. The summed E-state index contributed by atoms with van der Waals surface area (Å²) in [6.07, 6.45) is 1.80. The third-order valence-corrected chi connectivity index (χ3v) is 9.34. The number of amides is 1. The molecule has 1 aliphatic rings. The van der Waals surface area contributed by atoms with Crippen molar-refractivity contribution < 1.29 is 23.7 Å². The summed E-state index contributed by atoms with van der Waals surface area (Å²) in [6, 6.07) is 18.0. The van der Waals surface area contributed by atoms with Gasteiger partial charge in [0.15, 0.2) is 16.3 Å². The maximum Gasteiger partial charge on any atom is 0.271 e. The second-order valence-electron chi connectivity index (χ2n) is 10.5. The summed E-state index contributed by atoms with van der Waals surface area (Å²) in [6.45, 7) is 7.08. The molecule has 240 valence electrons. The maximum absolute atomic E-state index is 14.2. The summed E-state index contributed by atoms with van der Waals surface area (Å²) in [5.41, 5.74) is 3.10. The van der Waals surface area contributed by atoms with E-state index in [0.29, 0.717) is 68.9 Å². The fourth-order valence-corrected chi connectivity index (χ4v) is 6.72. The molecule has 1 aromatic heterocycles. The van der Waals surface area contributed by atoms with Crippen molar-refractivity contribution in [3.63, 3.8) is 0 Å². The Morgan fingerprint density at radius 3 is 2.30 bits per heavy atom. The van der Waals surface area contributed by atoms with Crippen molar-refractivity contribution in [1.29, 1.82) is 0 Å². The topological polar surface area (TPSA) is 91.6 Å². The fraction of sp³-hybridized carbons (Fsp3) is 0.286. The van der Waals surface area contributed by atoms with Crippen LogP contribution in [0.4, 0.5) is 0 Å². The fourth-order valence-electron chi connectivity index (χ4n) is 5.41. The molecule has 2 heterocycles. The molecule has 0 saturated heterocycles. The number of fused-ring (bicyclic) bond motifs is 1. The number of methoxy groups -OCH3 is 3. The van der Waals surface area contributed by atoms with E-state index < -0.39 is 6.04 Å². The lowest BCUT2D eigenvalue weighted by Gasteiger charge is -2.30. The molecule has 3 aromatic carbocycles. The quantitative estimate of drug-likeness (QED) is 0.206. The van der Waals surface area contributed by atoms with E-state index in [-0.39, 0.29) is 11.5 Å². The van der Waals surface area contributed by atoms with E-state index in [1.165, 1.54) is 11.3 Å². The number of carbonyl (C=O) groups is 1. The summed E-state index contributed by atoms with van der Waals surface area (Å²) in [4.78, 5) is 35.2. The molecule has 0 aliphatic carbocycles. The zero-order valence-corrected chi connectivity index (χ0v) is 29.0. The van der Waals surface area contributed by atoms with E-state index in [1.54, 1.807) is 49.0 Å². The Hall–Kier alpha value is -4.35.